The predicted octanol–water partition coefficient (Wildman–Crippen LogP) is 2.53. The summed E-state index contributed by atoms with van der Waals surface area (Å²) in [5.74, 6) is -0.702. The Morgan fingerprint density at radius 1 is 1.24 bits per heavy atom. The van der Waals surface area contributed by atoms with Crippen LogP contribution in [0.2, 0.25) is 0 Å². The third kappa shape index (κ3) is 3.87. The van der Waals surface area contributed by atoms with Crippen LogP contribution in [-0.4, -0.2) is 47.5 Å². The summed E-state index contributed by atoms with van der Waals surface area (Å²) in [7, 11) is 1.42. The predicted molar refractivity (Wildman–Crippen MR) is 103 cm³/mol. The summed E-state index contributed by atoms with van der Waals surface area (Å²) in [5, 5.41) is 11.9. The first kappa shape index (κ1) is 18.8. The highest BCUT2D eigenvalue weighted by atomic mass is 16.5. The average Bonchev–Trinajstić information content (AvgIpc) is 3.56. The maximum atomic E-state index is 13.2. The lowest BCUT2D eigenvalue weighted by molar-refractivity contribution is -0.118. The van der Waals surface area contributed by atoms with E-state index in [2.05, 4.69) is 5.32 Å². The molecule has 0 atom stereocenters. The summed E-state index contributed by atoms with van der Waals surface area (Å²) in [6, 6.07) is 9.94. The summed E-state index contributed by atoms with van der Waals surface area (Å²) in [6.45, 7) is 0.265. The molecule has 2 aliphatic rings. The van der Waals surface area contributed by atoms with Gasteiger partial charge in [-0.3, -0.25) is 9.59 Å². The van der Waals surface area contributed by atoms with Gasteiger partial charge in [-0.05, 0) is 48.7 Å². The van der Waals surface area contributed by atoms with Crippen molar-refractivity contribution >= 4 is 23.5 Å². The van der Waals surface area contributed by atoms with Gasteiger partial charge in [-0.25, -0.2) is 4.79 Å². The van der Waals surface area contributed by atoms with Crippen molar-refractivity contribution in [1.29, 1.82) is 0 Å². The van der Waals surface area contributed by atoms with Crippen molar-refractivity contribution in [2.45, 2.75) is 25.4 Å². The number of hydrogen-bond donors (Lipinski definition) is 2. The van der Waals surface area contributed by atoms with E-state index in [0.29, 0.717) is 23.5 Å². The molecule has 0 radical (unpaired) electrons. The maximum absolute atomic E-state index is 13.2. The van der Waals surface area contributed by atoms with Gasteiger partial charge in [0.1, 0.15) is 17.1 Å². The third-order valence-electron chi connectivity index (χ3n) is 4.96. The number of ether oxygens (including phenoxy) is 2. The summed E-state index contributed by atoms with van der Waals surface area (Å²) in [6.07, 6.45) is 1.85. The molecule has 1 aliphatic carbocycles. The summed E-state index contributed by atoms with van der Waals surface area (Å²) < 4.78 is 10.6. The Bertz CT molecular complexity index is 999. The van der Waals surface area contributed by atoms with Crippen LogP contribution in [0.25, 0.3) is 0 Å². The van der Waals surface area contributed by atoms with Gasteiger partial charge in [0.15, 0.2) is 6.61 Å². The molecule has 1 heterocycles. The molecular formula is C21H20N2O6. The van der Waals surface area contributed by atoms with Crippen LogP contribution in [-0.2, 0) is 11.3 Å². The Morgan fingerprint density at radius 2 is 2.03 bits per heavy atom. The highest BCUT2D eigenvalue weighted by molar-refractivity contribution is 5.99. The van der Waals surface area contributed by atoms with E-state index in [1.807, 2.05) is 0 Å². The zero-order chi connectivity index (χ0) is 20.5. The van der Waals surface area contributed by atoms with Crippen molar-refractivity contribution in [2.24, 2.45) is 0 Å². The van der Waals surface area contributed by atoms with Gasteiger partial charge >= 0.3 is 5.97 Å². The van der Waals surface area contributed by atoms with Gasteiger partial charge in [0.25, 0.3) is 11.8 Å². The van der Waals surface area contributed by atoms with E-state index in [0.717, 1.165) is 18.4 Å². The van der Waals surface area contributed by atoms with Gasteiger partial charge in [0.2, 0.25) is 0 Å². The number of hydrogen-bond acceptors (Lipinski definition) is 5. The zero-order valence-corrected chi connectivity index (χ0v) is 15.8. The second-order valence-corrected chi connectivity index (χ2v) is 7.05. The third-order valence-corrected chi connectivity index (χ3v) is 4.96. The van der Waals surface area contributed by atoms with Crippen LogP contribution in [0.1, 0.15) is 39.1 Å². The van der Waals surface area contributed by atoms with Crippen molar-refractivity contribution in [3.63, 3.8) is 0 Å². The molecule has 2 amide bonds. The van der Waals surface area contributed by atoms with Crippen molar-refractivity contribution in [3.05, 3.63) is 53.1 Å². The molecule has 1 saturated carbocycles. The minimum Gasteiger partial charge on any atom is -0.496 e. The average molecular weight is 396 g/mol. The number of carbonyl (C=O) groups is 3. The quantitative estimate of drug-likeness (QED) is 0.777. The minimum atomic E-state index is -1.07. The number of fused-ring (bicyclic) bond motifs is 1. The molecule has 0 saturated heterocycles. The van der Waals surface area contributed by atoms with Gasteiger partial charge in [-0.15, -0.1) is 0 Å². The molecule has 2 N–H and O–H groups in total. The van der Waals surface area contributed by atoms with Crippen LogP contribution in [0.4, 0.5) is 5.69 Å². The number of methoxy groups -OCH3 is 1. The summed E-state index contributed by atoms with van der Waals surface area (Å²) >= 11 is 0. The highest BCUT2D eigenvalue weighted by Crippen LogP contribution is 2.33. The fourth-order valence-corrected chi connectivity index (χ4v) is 3.33. The summed E-state index contributed by atoms with van der Waals surface area (Å²) in [5.41, 5.74) is 1.88. The molecule has 0 unspecified atom stereocenters. The number of carboxylic acid groups (broad SMARTS) is 1. The molecule has 2 aromatic carbocycles. The van der Waals surface area contributed by atoms with Crippen LogP contribution in [0.5, 0.6) is 11.5 Å². The molecule has 8 heteroatoms. The smallest absolute Gasteiger partial charge is 0.339 e. The first-order valence-electron chi connectivity index (χ1n) is 9.24. The van der Waals surface area contributed by atoms with Crippen molar-refractivity contribution in [1.82, 2.24) is 4.90 Å². The molecular weight excluding hydrogens is 376 g/mol. The van der Waals surface area contributed by atoms with Gasteiger partial charge < -0.3 is 24.8 Å². The molecule has 150 valence electrons. The highest BCUT2D eigenvalue weighted by Gasteiger charge is 2.33. The van der Waals surface area contributed by atoms with E-state index in [9.17, 15) is 19.5 Å². The number of carboxylic acids is 1. The number of anilines is 1. The largest absolute Gasteiger partial charge is 0.496 e. The van der Waals surface area contributed by atoms with E-state index in [4.69, 9.17) is 9.47 Å². The van der Waals surface area contributed by atoms with E-state index in [1.54, 1.807) is 35.2 Å². The van der Waals surface area contributed by atoms with E-state index in [1.165, 1.54) is 13.2 Å². The number of rotatable bonds is 6. The molecule has 29 heavy (non-hydrogen) atoms. The van der Waals surface area contributed by atoms with E-state index < -0.39 is 5.97 Å². The second-order valence-electron chi connectivity index (χ2n) is 7.05. The molecule has 0 spiro atoms. The molecule has 1 aliphatic heterocycles. The fourth-order valence-electron chi connectivity index (χ4n) is 3.33. The first-order chi connectivity index (χ1) is 14.0. The number of carbonyl (C=O) groups excluding carboxylic acids is 2. The van der Waals surface area contributed by atoms with Crippen LogP contribution in [0.15, 0.2) is 36.4 Å². The lowest BCUT2D eigenvalue weighted by Gasteiger charge is -2.24. The van der Waals surface area contributed by atoms with Crippen LogP contribution >= 0.6 is 0 Å². The number of amides is 2. The first-order valence-corrected chi connectivity index (χ1v) is 9.24. The minimum absolute atomic E-state index is 0.0767. The Kier molecular flexibility index (Phi) is 4.84. The number of aromatic carboxylic acids is 1. The lowest BCUT2D eigenvalue weighted by atomic mass is 10.1. The van der Waals surface area contributed by atoms with Crippen LogP contribution < -0.4 is 14.8 Å². The molecule has 2 aromatic rings. The molecule has 1 fully saturated rings. The van der Waals surface area contributed by atoms with Crippen molar-refractivity contribution in [3.8, 4) is 11.5 Å². The van der Waals surface area contributed by atoms with E-state index in [-0.39, 0.29) is 35.8 Å². The normalized spacial score (nSPS) is 15.0. The Balaban J connectivity index is 1.58. The monoisotopic (exact) mass is 396 g/mol. The Labute approximate surface area is 167 Å². The Morgan fingerprint density at radius 3 is 2.72 bits per heavy atom. The summed E-state index contributed by atoms with van der Waals surface area (Å²) in [4.78, 5) is 37.6. The fraction of sp³-hybridized carbons (Fsp3) is 0.286. The second kappa shape index (κ2) is 7.46. The molecule has 0 aromatic heterocycles. The van der Waals surface area contributed by atoms with Gasteiger partial charge in [-0.2, -0.15) is 0 Å². The SMILES string of the molecule is COc1cc(CN(C(=O)c2ccc3c(c2)OCC(=O)N3)C2CC2)ccc1C(=O)O. The van der Waals surface area contributed by atoms with Crippen molar-refractivity contribution < 1.29 is 29.0 Å². The maximum Gasteiger partial charge on any atom is 0.339 e. The molecule has 0 bridgehead atoms. The number of benzene rings is 2. The number of nitrogens with one attached hydrogen (secondary N) is 1. The van der Waals surface area contributed by atoms with Gasteiger partial charge in [0.05, 0.1) is 12.8 Å². The van der Waals surface area contributed by atoms with Gasteiger partial charge in [-0.1, -0.05) is 6.07 Å². The standard InChI is InChI=1S/C21H20N2O6/c1-28-17-8-12(2-6-15(17)21(26)27)10-23(14-4-5-14)20(25)13-3-7-16-18(9-13)29-11-19(24)22-16/h2-3,6-9,14H,4-5,10-11H2,1H3,(H,22,24)(H,26,27). The molecule has 4 rings (SSSR count). The molecule has 8 nitrogen and oxygen atoms in total. The zero-order valence-electron chi connectivity index (χ0n) is 15.8. The number of nitrogens with zero attached hydrogens (tertiary/aromatic N) is 1. The van der Waals surface area contributed by atoms with Crippen LogP contribution in [0, 0.1) is 0 Å². The Hall–Kier alpha value is -3.55. The van der Waals surface area contributed by atoms with Gasteiger partial charge in [0, 0.05) is 18.2 Å². The van der Waals surface area contributed by atoms with E-state index >= 15 is 0 Å². The lowest BCUT2D eigenvalue weighted by Crippen LogP contribution is -2.33. The van der Waals surface area contributed by atoms with Crippen LogP contribution in [0.3, 0.4) is 0 Å². The van der Waals surface area contributed by atoms with Crippen molar-refractivity contribution in [2.75, 3.05) is 19.0 Å². The topological polar surface area (TPSA) is 105 Å².